The van der Waals surface area contributed by atoms with Crippen LogP contribution in [-0.4, -0.2) is 45.7 Å². The Morgan fingerprint density at radius 2 is 1.87 bits per heavy atom. The van der Waals surface area contributed by atoms with Crippen molar-refractivity contribution in [3.63, 3.8) is 0 Å². The molecule has 0 saturated carbocycles. The Labute approximate surface area is 136 Å². The van der Waals surface area contributed by atoms with Gasteiger partial charge in [-0.25, -0.2) is 0 Å². The number of carbonyl (C=O) groups excluding carboxylic acids is 1. The number of likely N-dealkylation sites (N-methyl/N-ethyl adjacent to an activating group) is 1. The number of rotatable bonds is 7. The Kier molecular flexibility index (Phi) is 5.65. The van der Waals surface area contributed by atoms with Crippen LogP contribution in [0.25, 0.3) is 0 Å². The van der Waals surface area contributed by atoms with E-state index < -0.39 is 0 Å². The molecule has 6 heteroatoms. The smallest absolute Gasteiger partial charge is 0.251 e. The van der Waals surface area contributed by atoms with E-state index in [1.807, 2.05) is 31.1 Å². The van der Waals surface area contributed by atoms with Gasteiger partial charge in [0.25, 0.3) is 5.91 Å². The maximum atomic E-state index is 12.4. The molecule has 2 rings (SSSR count). The second-order valence-electron chi connectivity index (χ2n) is 5.31. The molecule has 1 aromatic heterocycles. The van der Waals surface area contributed by atoms with E-state index in [2.05, 4.69) is 5.32 Å². The number of ether oxygens (including phenoxy) is 2. The van der Waals surface area contributed by atoms with Gasteiger partial charge >= 0.3 is 0 Å². The Balaban J connectivity index is 2.09. The van der Waals surface area contributed by atoms with Gasteiger partial charge in [-0.3, -0.25) is 9.69 Å². The molecule has 0 spiro atoms. The lowest BCUT2D eigenvalue weighted by Crippen LogP contribution is -2.34. The summed E-state index contributed by atoms with van der Waals surface area (Å²) >= 11 is 0. The van der Waals surface area contributed by atoms with Gasteiger partial charge in [-0.1, -0.05) is 0 Å². The molecule has 124 valence electrons. The van der Waals surface area contributed by atoms with E-state index in [4.69, 9.17) is 13.9 Å². The van der Waals surface area contributed by atoms with Gasteiger partial charge in [-0.2, -0.15) is 0 Å². The number of amides is 1. The molecule has 0 radical (unpaired) electrons. The summed E-state index contributed by atoms with van der Waals surface area (Å²) in [6.45, 7) is 0.429. The molecule has 1 aromatic carbocycles. The third-order valence-corrected chi connectivity index (χ3v) is 3.56. The minimum atomic E-state index is -0.194. The Bertz CT molecular complexity index is 616. The maximum Gasteiger partial charge on any atom is 0.251 e. The van der Waals surface area contributed by atoms with Crippen LogP contribution in [0, 0.1) is 0 Å². The SMILES string of the molecule is COc1cc(OC)cc(C(=O)NC[C@@H](c2ccco2)N(C)C)c1. The molecule has 2 aromatic rings. The first-order valence-corrected chi connectivity index (χ1v) is 7.26. The van der Waals surface area contributed by atoms with Crippen molar-refractivity contribution >= 4 is 5.91 Å². The number of nitrogens with zero attached hydrogens (tertiary/aromatic N) is 1. The fourth-order valence-corrected chi connectivity index (χ4v) is 2.25. The summed E-state index contributed by atoms with van der Waals surface area (Å²) in [7, 11) is 6.98. The van der Waals surface area contributed by atoms with E-state index in [0.717, 1.165) is 5.76 Å². The fourth-order valence-electron chi connectivity index (χ4n) is 2.25. The topological polar surface area (TPSA) is 63.9 Å². The first kappa shape index (κ1) is 16.9. The zero-order chi connectivity index (χ0) is 16.8. The van der Waals surface area contributed by atoms with Crippen molar-refractivity contribution < 1.29 is 18.7 Å². The van der Waals surface area contributed by atoms with Crippen molar-refractivity contribution in [3.8, 4) is 11.5 Å². The Morgan fingerprint density at radius 3 is 2.35 bits per heavy atom. The fraction of sp³-hybridized carbons (Fsp3) is 0.353. The summed E-state index contributed by atoms with van der Waals surface area (Å²) in [5.74, 6) is 1.76. The van der Waals surface area contributed by atoms with E-state index in [0.29, 0.717) is 23.6 Å². The molecule has 23 heavy (non-hydrogen) atoms. The first-order valence-electron chi connectivity index (χ1n) is 7.26. The monoisotopic (exact) mass is 318 g/mol. The highest BCUT2D eigenvalue weighted by atomic mass is 16.5. The van der Waals surface area contributed by atoms with Crippen LogP contribution in [0.15, 0.2) is 41.0 Å². The molecule has 0 aliphatic rings. The van der Waals surface area contributed by atoms with Gasteiger partial charge in [0.15, 0.2) is 0 Å². The van der Waals surface area contributed by atoms with Gasteiger partial charge in [0.2, 0.25) is 0 Å². The van der Waals surface area contributed by atoms with E-state index in [-0.39, 0.29) is 11.9 Å². The molecule has 0 fully saturated rings. The molecule has 0 saturated heterocycles. The first-order chi connectivity index (χ1) is 11.0. The van der Waals surface area contributed by atoms with Crippen molar-refractivity contribution in [2.24, 2.45) is 0 Å². The number of hydrogen-bond acceptors (Lipinski definition) is 5. The quantitative estimate of drug-likeness (QED) is 0.849. The second kappa shape index (κ2) is 7.69. The largest absolute Gasteiger partial charge is 0.497 e. The molecule has 0 unspecified atom stereocenters. The lowest BCUT2D eigenvalue weighted by molar-refractivity contribution is 0.0938. The Hall–Kier alpha value is -2.47. The summed E-state index contributed by atoms with van der Waals surface area (Å²) in [4.78, 5) is 14.4. The number of hydrogen-bond donors (Lipinski definition) is 1. The maximum absolute atomic E-state index is 12.4. The molecule has 1 N–H and O–H groups in total. The lowest BCUT2D eigenvalue weighted by Gasteiger charge is -2.22. The summed E-state index contributed by atoms with van der Waals surface area (Å²) in [5, 5.41) is 2.92. The van der Waals surface area contributed by atoms with Crippen molar-refractivity contribution in [1.82, 2.24) is 10.2 Å². The van der Waals surface area contributed by atoms with E-state index in [1.54, 1.807) is 38.7 Å². The van der Waals surface area contributed by atoms with E-state index in [9.17, 15) is 4.79 Å². The molecule has 1 amide bonds. The van der Waals surface area contributed by atoms with Crippen LogP contribution in [0.4, 0.5) is 0 Å². The van der Waals surface area contributed by atoms with Gasteiger partial charge in [-0.15, -0.1) is 0 Å². The summed E-state index contributed by atoms with van der Waals surface area (Å²) in [5.41, 5.74) is 0.484. The number of methoxy groups -OCH3 is 2. The molecule has 0 aliphatic carbocycles. The highest BCUT2D eigenvalue weighted by Crippen LogP contribution is 2.23. The zero-order valence-corrected chi connectivity index (χ0v) is 13.8. The average molecular weight is 318 g/mol. The van der Waals surface area contributed by atoms with Crippen molar-refractivity contribution in [2.75, 3.05) is 34.9 Å². The van der Waals surface area contributed by atoms with Crippen LogP contribution < -0.4 is 14.8 Å². The highest BCUT2D eigenvalue weighted by Gasteiger charge is 2.18. The van der Waals surface area contributed by atoms with Gasteiger partial charge in [0, 0.05) is 18.2 Å². The minimum Gasteiger partial charge on any atom is -0.497 e. The second-order valence-corrected chi connectivity index (χ2v) is 5.31. The van der Waals surface area contributed by atoms with Gasteiger partial charge in [0.05, 0.1) is 26.5 Å². The molecule has 6 nitrogen and oxygen atoms in total. The van der Waals surface area contributed by atoms with Crippen LogP contribution in [0.5, 0.6) is 11.5 Å². The number of carbonyl (C=O) groups is 1. The number of furan rings is 1. The third-order valence-electron chi connectivity index (χ3n) is 3.56. The van der Waals surface area contributed by atoms with Crippen LogP contribution in [0.1, 0.15) is 22.2 Å². The molecular formula is C17H22N2O4. The molecule has 0 aliphatic heterocycles. The molecule has 1 atom stereocenters. The Morgan fingerprint density at radius 1 is 1.22 bits per heavy atom. The van der Waals surface area contributed by atoms with Crippen LogP contribution in [0.2, 0.25) is 0 Å². The standard InChI is InChI=1S/C17H22N2O4/c1-19(2)15(16-6-5-7-23-16)11-18-17(20)12-8-13(21-3)10-14(9-12)22-4/h5-10,15H,11H2,1-4H3,(H,18,20)/t15-/m0/s1. The lowest BCUT2D eigenvalue weighted by atomic mass is 10.1. The highest BCUT2D eigenvalue weighted by molar-refractivity contribution is 5.95. The van der Waals surface area contributed by atoms with Gasteiger partial charge in [0.1, 0.15) is 17.3 Å². The molecular weight excluding hydrogens is 296 g/mol. The van der Waals surface area contributed by atoms with Crippen LogP contribution in [0.3, 0.4) is 0 Å². The minimum absolute atomic E-state index is 0.0403. The van der Waals surface area contributed by atoms with E-state index in [1.165, 1.54) is 0 Å². The zero-order valence-electron chi connectivity index (χ0n) is 13.8. The van der Waals surface area contributed by atoms with Crippen molar-refractivity contribution in [1.29, 1.82) is 0 Å². The predicted molar refractivity (Wildman–Crippen MR) is 87.0 cm³/mol. The summed E-state index contributed by atoms with van der Waals surface area (Å²) < 4.78 is 15.8. The van der Waals surface area contributed by atoms with Crippen LogP contribution >= 0.6 is 0 Å². The number of nitrogens with one attached hydrogen (secondary N) is 1. The molecule has 0 bridgehead atoms. The molecule has 1 heterocycles. The van der Waals surface area contributed by atoms with Crippen molar-refractivity contribution in [2.45, 2.75) is 6.04 Å². The van der Waals surface area contributed by atoms with E-state index >= 15 is 0 Å². The predicted octanol–water partition coefficient (Wildman–Crippen LogP) is 2.33. The average Bonchev–Trinajstić information content (AvgIpc) is 3.08. The van der Waals surface area contributed by atoms with Gasteiger partial charge in [-0.05, 0) is 38.4 Å². The summed E-state index contributed by atoms with van der Waals surface area (Å²) in [6, 6.07) is 8.76. The van der Waals surface area contributed by atoms with Gasteiger partial charge < -0.3 is 19.2 Å². The third kappa shape index (κ3) is 4.26. The van der Waals surface area contributed by atoms with Crippen molar-refractivity contribution in [3.05, 3.63) is 47.9 Å². The summed E-state index contributed by atoms with van der Waals surface area (Å²) in [6.07, 6.45) is 1.63. The number of benzene rings is 1. The normalized spacial score (nSPS) is 12.0. The van der Waals surface area contributed by atoms with Crippen LogP contribution in [-0.2, 0) is 0 Å².